The van der Waals surface area contributed by atoms with Crippen LogP contribution in [-0.2, 0) is 11.2 Å². The Morgan fingerprint density at radius 3 is 2.58 bits per heavy atom. The van der Waals surface area contributed by atoms with Crippen molar-refractivity contribution >= 4 is 40.6 Å². The number of rotatable bonds is 6. The lowest BCUT2D eigenvalue weighted by Crippen LogP contribution is -2.05. The predicted molar refractivity (Wildman–Crippen MR) is 96.6 cm³/mol. The Bertz CT molecular complexity index is 791. The summed E-state index contributed by atoms with van der Waals surface area (Å²) >= 11 is 11.8. The molecule has 0 aliphatic heterocycles. The molecule has 0 heterocycles. The summed E-state index contributed by atoms with van der Waals surface area (Å²) in [5.74, 6) is -0.389. The lowest BCUT2D eigenvalue weighted by Gasteiger charge is -2.10. The van der Waals surface area contributed by atoms with Crippen LogP contribution in [0.15, 0.2) is 41.5 Å². The minimum absolute atomic E-state index is 0.121. The first kappa shape index (κ1) is 18.1. The van der Waals surface area contributed by atoms with Crippen LogP contribution in [0.2, 0.25) is 10.0 Å². The van der Waals surface area contributed by atoms with Crippen LogP contribution in [-0.4, -0.2) is 23.9 Å². The summed E-state index contributed by atoms with van der Waals surface area (Å²) in [5.41, 5.74) is 5.67. The number of benzene rings is 2. The minimum atomic E-state index is -0.922. The molecule has 0 amide bonds. The van der Waals surface area contributed by atoms with E-state index in [2.05, 4.69) is 10.5 Å². The quantitative estimate of drug-likeness (QED) is 0.584. The molecule has 126 valence electrons. The molecule has 0 atom stereocenters. The van der Waals surface area contributed by atoms with Crippen LogP contribution in [0, 0.1) is 0 Å². The molecular weight excluding hydrogens is 351 g/mol. The lowest BCUT2D eigenvalue weighted by atomic mass is 10.0. The Morgan fingerprint density at radius 1 is 1.21 bits per heavy atom. The van der Waals surface area contributed by atoms with Crippen molar-refractivity contribution in [1.82, 2.24) is 0 Å². The summed E-state index contributed by atoms with van der Waals surface area (Å²) in [5, 5.41) is 14.2. The standard InChI is InChI=1S/C17H16Cl2N2O3/c1-10(20-21-13-4-5-14(18)15(19)9-13)11-3-6-16(24-2)12(7-11)8-17(22)23/h3-7,9,21H,8H2,1-2H3,(H,22,23)/b20-10-. The Labute approximate surface area is 149 Å². The van der Waals surface area contributed by atoms with E-state index in [1.165, 1.54) is 7.11 Å². The second-order valence-corrected chi connectivity index (χ2v) is 5.85. The molecule has 0 aromatic heterocycles. The minimum Gasteiger partial charge on any atom is -0.496 e. The van der Waals surface area contributed by atoms with Gasteiger partial charge >= 0.3 is 5.97 Å². The van der Waals surface area contributed by atoms with Gasteiger partial charge in [0.1, 0.15) is 5.75 Å². The molecule has 0 saturated carbocycles. The molecule has 24 heavy (non-hydrogen) atoms. The van der Waals surface area contributed by atoms with E-state index in [0.29, 0.717) is 32.8 Å². The van der Waals surface area contributed by atoms with E-state index < -0.39 is 5.97 Å². The zero-order valence-electron chi connectivity index (χ0n) is 13.1. The van der Waals surface area contributed by atoms with Gasteiger partial charge in [-0.1, -0.05) is 23.2 Å². The maximum atomic E-state index is 11.0. The van der Waals surface area contributed by atoms with Gasteiger partial charge in [-0.3, -0.25) is 10.2 Å². The highest BCUT2D eigenvalue weighted by atomic mass is 35.5. The van der Waals surface area contributed by atoms with Crippen LogP contribution in [0.5, 0.6) is 5.75 Å². The lowest BCUT2D eigenvalue weighted by molar-refractivity contribution is -0.136. The number of nitrogens with one attached hydrogen (secondary N) is 1. The van der Waals surface area contributed by atoms with Crippen LogP contribution >= 0.6 is 23.2 Å². The molecule has 2 N–H and O–H groups in total. The summed E-state index contributed by atoms with van der Waals surface area (Å²) in [4.78, 5) is 11.0. The molecule has 0 bridgehead atoms. The fourth-order valence-electron chi connectivity index (χ4n) is 2.08. The number of anilines is 1. The van der Waals surface area contributed by atoms with E-state index in [1.54, 1.807) is 30.3 Å². The van der Waals surface area contributed by atoms with Crippen LogP contribution in [0.25, 0.3) is 0 Å². The van der Waals surface area contributed by atoms with Crippen molar-refractivity contribution in [3.63, 3.8) is 0 Å². The SMILES string of the molecule is COc1ccc(/C(C)=N\Nc2ccc(Cl)c(Cl)c2)cc1CC(=O)O. The van der Waals surface area contributed by atoms with E-state index in [-0.39, 0.29) is 6.42 Å². The molecule has 0 unspecified atom stereocenters. The molecule has 0 radical (unpaired) electrons. The molecule has 7 heteroatoms. The molecule has 2 aromatic carbocycles. The van der Waals surface area contributed by atoms with Gasteiger partial charge in [-0.15, -0.1) is 0 Å². The molecule has 0 aliphatic rings. The van der Waals surface area contributed by atoms with Gasteiger partial charge in [-0.05, 0) is 48.9 Å². The fourth-order valence-corrected chi connectivity index (χ4v) is 2.38. The van der Waals surface area contributed by atoms with Crippen LogP contribution in [0.3, 0.4) is 0 Å². The maximum absolute atomic E-state index is 11.0. The number of carbonyl (C=O) groups is 1. The van der Waals surface area contributed by atoms with Crippen LogP contribution in [0.4, 0.5) is 5.69 Å². The van der Waals surface area contributed by atoms with Crippen molar-refractivity contribution in [3.8, 4) is 5.75 Å². The van der Waals surface area contributed by atoms with Gasteiger partial charge in [0.05, 0.1) is 35.0 Å². The van der Waals surface area contributed by atoms with E-state index in [4.69, 9.17) is 33.0 Å². The third-order valence-corrected chi connectivity index (χ3v) is 4.05. The van der Waals surface area contributed by atoms with Gasteiger partial charge in [0, 0.05) is 5.56 Å². The number of ether oxygens (including phenoxy) is 1. The normalized spacial score (nSPS) is 11.2. The second kappa shape index (κ2) is 8.04. The molecule has 2 rings (SSSR count). The number of hydrazone groups is 1. The zero-order valence-corrected chi connectivity index (χ0v) is 14.6. The second-order valence-electron chi connectivity index (χ2n) is 5.04. The van der Waals surface area contributed by atoms with Crippen molar-refractivity contribution in [2.75, 3.05) is 12.5 Å². The van der Waals surface area contributed by atoms with E-state index in [0.717, 1.165) is 5.56 Å². The first-order valence-corrected chi connectivity index (χ1v) is 7.80. The predicted octanol–water partition coefficient (Wildman–Crippen LogP) is 4.47. The highest BCUT2D eigenvalue weighted by Crippen LogP contribution is 2.25. The summed E-state index contributed by atoms with van der Waals surface area (Å²) in [6, 6.07) is 10.4. The maximum Gasteiger partial charge on any atom is 0.307 e. The number of methoxy groups -OCH3 is 1. The van der Waals surface area contributed by atoms with Gasteiger partial charge < -0.3 is 9.84 Å². The molecule has 2 aromatic rings. The summed E-state index contributed by atoms with van der Waals surface area (Å²) in [6.07, 6.45) is -0.121. The number of nitrogens with zero attached hydrogens (tertiary/aromatic N) is 1. The number of hydrogen-bond donors (Lipinski definition) is 2. The van der Waals surface area contributed by atoms with Crippen molar-refractivity contribution in [3.05, 3.63) is 57.6 Å². The van der Waals surface area contributed by atoms with Crippen molar-refractivity contribution in [2.45, 2.75) is 13.3 Å². The number of carboxylic acids is 1. The molecule has 0 aliphatic carbocycles. The zero-order chi connectivity index (χ0) is 17.7. The highest BCUT2D eigenvalue weighted by Gasteiger charge is 2.10. The Hall–Kier alpha value is -2.24. The topological polar surface area (TPSA) is 70.9 Å². The number of halogens is 2. The number of carboxylic acid groups (broad SMARTS) is 1. The van der Waals surface area contributed by atoms with Gasteiger partial charge in [0.15, 0.2) is 0 Å². The Balaban J connectivity index is 2.22. The van der Waals surface area contributed by atoms with Crippen LogP contribution in [0.1, 0.15) is 18.1 Å². The van der Waals surface area contributed by atoms with Crippen molar-refractivity contribution in [2.24, 2.45) is 5.10 Å². The van der Waals surface area contributed by atoms with Gasteiger partial charge in [0.2, 0.25) is 0 Å². The van der Waals surface area contributed by atoms with E-state index in [9.17, 15) is 4.79 Å². The average molecular weight is 367 g/mol. The number of aliphatic carboxylic acids is 1. The summed E-state index contributed by atoms with van der Waals surface area (Å²) < 4.78 is 5.19. The molecule has 0 spiro atoms. The monoisotopic (exact) mass is 366 g/mol. The average Bonchev–Trinajstić information content (AvgIpc) is 2.55. The molecular formula is C17H16Cl2N2O3. The third-order valence-electron chi connectivity index (χ3n) is 3.31. The Morgan fingerprint density at radius 2 is 1.96 bits per heavy atom. The Kier molecular flexibility index (Phi) is 6.06. The smallest absolute Gasteiger partial charge is 0.307 e. The van der Waals surface area contributed by atoms with Crippen molar-refractivity contribution in [1.29, 1.82) is 0 Å². The fraction of sp³-hybridized carbons (Fsp3) is 0.176. The molecule has 5 nitrogen and oxygen atoms in total. The largest absolute Gasteiger partial charge is 0.496 e. The summed E-state index contributed by atoms with van der Waals surface area (Å²) in [7, 11) is 1.51. The van der Waals surface area contributed by atoms with Crippen molar-refractivity contribution < 1.29 is 14.6 Å². The van der Waals surface area contributed by atoms with Gasteiger partial charge in [-0.25, -0.2) is 0 Å². The van der Waals surface area contributed by atoms with E-state index >= 15 is 0 Å². The van der Waals surface area contributed by atoms with Gasteiger partial charge in [-0.2, -0.15) is 5.10 Å². The molecule has 0 saturated heterocycles. The number of hydrogen-bond acceptors (Lipinski definition) is 4. The first-order valence-electron chi connectivity index (χ1n) is 7.05. The van der Waals surface area contributed by atoms with E-state index in [1.807, 2.05) is 13.0 Å². The van der Waals surface area contributed by atoms with Gasteiger partial charge in [0.25, 0.3) is 0 Å². The highest BCUT2D eigenvalue weighted by molar-refractivity contribution is 6.42. The molecule has 0 fully saturated rings. The third kappa shape index (κ3) is 4.63. The summed E-state index contributed by atoms with van der Waals surface area (Å²) in [6.45, 7) is 1.82. The first-order chi connectivity index (χ1) is 11.4. The van der Waals surface area contributed by atoms with Crippen LogP contribution < -0.4 is 10.2 Å².